The molecule has 0 radical (unpaired) electrons. The number of hydrogen-bond acceptors (Lipinski definition) is 6. The number of hydrogen-bond donors (Lipinski definition) is 2. The van der Waals surface area contributed by atoms with Crippen molar-refractivity contribution in [3.05, 3.63) is 0 Å². The van der Waals surface area contributed by atoms with Gasteiger partial charge < -0.3 is 9.78 Å². The van der Waals surface area contributed by atoms with Crippen LogP contribution in [0.25, 0.3) is 0 Å². The van der Waals surface area contributed by atoms with E-state index in [9.17, 15) is 9.59 Å². The van der Waals surface area contributed by atoms with E-state index in [1.54, 1.807) is 27.7 Å². The highest BCUT2D eigenvalue weighted by atomic mass is 17.1. The normalized spacial score (nSPS) is 12.8. The van der Waals surface area contributed by atoms with E-state index < -0.39 is 22.8 Å². The molecule has 0 fully saturated rings. The minimum absolute atomic E-state index is 0.0533. The van der Waals surface area contributed by atoms with Crippen molar-refractivity contribution < 1.29 is 29.9 Å². The third-order valence-electron chi connectivity index (χ3n) is 4.12. The van der Waals surface area contributed by atoms with Gasteiger partial charge in [0.25, 0.3) is 0 Å². The lowest BCUT2D eigenvalue weighted by molar-refractivity contribution is -0.245. The molecule has 0 unspecified atom stereocenters. The summed E-state index contributed by atoms with van der Waals surface area (Å²) < 4.78 is 0. The Kier molecular flexibility index (Phi) is 9.94. The molecule has 6 nitrogen and oxygen atoms in total. The Bertz CT molecular complexity index is 430. The molecule has 0 spiro atoms. The second kappa shape index (κ2) is 9.53. The second-order valence-electron chi connectivity index (χ2n) is 9.96. The molecule has 6 heteroatoms. The molecule has 25 heavy (non-hydrogen) atoms. The molecule has 0 saturated carbocycles. The third-order valence-corrected chi connectivity index (χ3v) is 4.12. The zero-order valence-electron chi connectivity index (χ0n) is 17.6. The fourth-order valence-corrected chi connectivity index (χ4v) is 3.04. The Morgan fingerprint density at radius 1 is 0.720 bits per heavy atom. The quantitative estimate of drug-likeness (QED) is 0.490. The molecule has 0 heterocycles. The molecule has 0 aliphatic rings. The molecule has 0 saturated heterocycles. The van der Waals surface area contributed by atoms with Crippen LogP contribution >= 0.6 is 0 Å². The summed E-state index contributed by atoms with van der Waals surface area (Å²) in [6.07, 6.45) is 2.38. The van der Waals surface area contributed by atoms with Gasteiger partial charge in [-0.15, -0.1) is 0 Å². The van der Waals surface area contributed by atoms with Gasteiger partial charge in [0.2, 0.25) is 0 Å². The molecule has 0 bridgehead atoms. The summed E-state index contributed by atoms with van der Waals surface area (Å²) in [4.78, 5) is 29.7. The Morgan fingerprint density at radius 2 is 1.04 bits per heavy atom. The number of rotatable bonds is 6. The largest absolute Gasteiger partial charge is 0.347 e. The van der Waals surface area contributed by atoms with Gasteiger partial charge in [0.1, 0.15) is 0 Å². The molecule has 0 rings (SSSR count). The highest BCUT2D eigenvalue weighted by Crippen LogP contribution is 2.36. The summed E-state index contributed by atoms with van der Waals surface area (Å²) in [7, 11) is 0. The van der Waals surface area contributed by atoms with E-state index >= 15 is 0 Å². The molecule has 0 aliphatic carbocycles. The van der Waals surface area contributed by atoms with Crippen molar-refractivity contribution in [2.24, 2.45) is 21.7 Å². The molecule has 0 aromatic heterocycles. The van der Waals surface area contributed by atoms with E-state index in [4.69, 9.17) is 10.5 Å². The van der Waals surface area contributed by atoms with Crippen LogP contribution in [-0.2, 0) is 19.4 Å². The van der Waals surface area contributed by atoms with Gasteiger partial charge >= 0.3 is 11.9 Å². The van der Waals surface area contributed by atoms with Crippen LogP contribution < -0.4 is 0 Å². The minimum Gasteiger partial charge on any atom is -0.300 e. The van der Waals surface area contributed by atoms with Crippen molar-refractivity contribution in [2.75, 3.05) is 0 Å². The first kappa shape index (κ1) is 26.1. The highest BCUT2D eigenvalue weighted by Gasteiger charge is 2.36. The van der Waals surface area contributed by atoms with Crippen LogP contribution in [0.2, 0.25) is 0 Å². The lowest BCUT2D eigenvalue weighted by atomic mass is 9.74. The van der Waals surface area contributed by atoms with Crippen LogP contribution in [-0.4, -0.2) is 22.5 Å². The van der Waals surface area contributed by atoms with E-state index in [1.807, 2.05) is 20.8 Å². The van der Waals surface area contributed by atoms with Gasteiger partial charge in [-0.25, -0.2) is 9.59 Å². The van der Waals surface area contributed by atoms with Crippen LogP contribution in [0.4, 0.5) is 0 Å². The monoisotopic (exact) mass is 362 g/mol. The van der Waals surface area contributed by atoms with Gasteiger partial charge in [0.15, 0.2) is 0 Å². The maximum Gasteiger partial charge on any atom is 0.347 e. The van der Waals surface area contributed by atoms with Crippen molar-refractivity contribution in [3.8, 4) is 0 Å². The second-order valence-corrected chi connectivity index (χ2v) is 9.96. The third kappa shape index (κ3) is 11.2. The molecule has 0 aromatic carbocycles. The number of carbonyl (C=O) groups excluding carboxylic acids is 2. The van der Waals surface area contributed by atoms with Crippen LogP contribution in [0.3, 0.4) is 0 Å². The highest BCUT2D eigenvalue weighted by molar-refractivity contribution is 5.75. The topological polar surface area (TPSA) is 93.1 Å². The molecule has 0 amide bonds. The molecule has 2 N–H and O–H groups in total. The van der Waals surface area contributed by atoms with Gasteiger partial charge in [0, 0.05) is 0 Å². The Morgan fingerprint density at radius 3 is 1.28 bits per heavy atom. The lowest BCUT2D eigenvalue weighted by Gasteiger charge is -2.31. The standard InChI is InChI=1S/C10H20O3.C9H18O3/c1-6-9(2,3)7-10(4,5)8(11)13-12;1-8(2,3)6-9(4,5)7(10)12-11/h12H,6-7H2,1-5H3;11H,6H2,1-5H3. The van der Waals surface area contributed by atoms with E-state index in [0.29, 0.717) is 12.8 Å². The van der Waals surface area contributed by atoms with Crippen molar-refractivity contribution in [3.63, 3.8) is 0 Å². The fourth-order valence-electron chi connectivity index (χ4n) is 3.04. The van der Waals surface area contributed by atoms with Crippen molar-refractivity contribution in [2.45, 2.75) is 88.5 Å². The zero-order valence-corrected chi connectivity index (χ0v) is 17.6. The van der Waals surface area contributed by atoms with E-state index in [0.717, 1.165) is 6.42 Å². The predicted octanol–water partition coefficient (Wildman–Crippen LogP) is 5.32. The summed E-state index contributed by atoms with van der Waals surface area (Å²) in [5.74, 6) is -1.13. The summed E-state index contributed by atoms with van der Waals surface area (Å²) in [6.45, 7) is 19.5. The van der Waals surface area contributed by atoms with Gasteiger partial charge in [0.05, 0.1) is 10.8 Å². The zero-order chi connectivity index (χ0) is 20.7. The first-order valence-corrected chi connectivity index (χ1v) is 8.66. The van der Waals surface area contributed by atoms with Crippen LogP contribution in [0, 0.1) is 21.7 Å². The average molecular weight is 363 g/mol. The van der Waals surface area contributed by atoms with E-state index in [-0.39, 0.29) is 10.8 Å². The van der Waals surface area contributed by atoms with E-state index in [2.05, 4.69) is 30.5 Å². The SMILES string of the molecule is CC(C)(C)CC(C)(C)C(=O)OO.CCC(C)(C)CC(C)(C)C(=O)OO. The molecular formula is C19H38O6. The van der Waals surface area contributed by atoms with E-state index in [1.165, 1.54) is 0 Å². The van der Waals surface area contributed by atoms with Crippen molar-refractivity contribution >= 4 is 11.9 Å². The van der Waals surface area contributed by atoms with Crippen LogP contribution in [0.15, 0.2) is 0 Å². The first-order chi connectivity index (χ1) is 10.9. The van der Waals surface area contributed by atoms with Crippen molar-refractivity contribution in [1.82, 2.24) is 0 Å². The van der Waals surface area contributed by atoms with Gasteiger partial charge in [-0.3, -0.25) is 0 Å². The Labute approximate surface area is 152 Å². The minimum atomic E-state index is -0.618. The molecule has 0 aromatic rings. The summed E-state index contributed by atoms with van der Waals surface area (Å²) in [5.41, 5.74) is -1.09. The van der Waals surface area contributed by atoms with Crippen LogP contribution in [0.1, 0.15) is 88.5 Å². The maximum atomic E-state index is 11.2. The molecular weight excluding hydrogens is 324 g/mol. The van der Waals surface area contributed by atoms with Gasteiger partial charge in [-0.2, -0.15) is 10.5 Å². The average Bonchev–Trinajstić information content (AvgIpc) is 2.42. The molecule has 150 valence electrons. The summed E-state index contributed by atoms with van der Waals surface area (Å²) >= 11 is 0. The molecule has 0 atom stereocenters. The first-order valence-electron chi connectivity index (χ1n) is 8.66. The number of carbonyl (C=O) groups is 2. The van der Waals surface area contributed by atoms with Gasteiger partial charge in [-0.1, -0.05) is 48.0 Å². The molecule has 0 aliphatic heterocycles. The van der Waals surface area contributed by atoms with Crippen LogP contribution in [0.5, 0.6) is 0 Å². The lowest BCUT2D eigenvalue weighted by Crippen LogP contribution is -2.31. The maximum absolute atomic E-state index is 11.2. The smallest absolute Gasteiger partial charge is 0.300 e. The Balaban J connectivity index is 0. The van der Waals surface area contributed by atoms with Crippen molar-refractivity contribution in [1.29, 1.82) is 0 Å². The fraction of sp³-hybridized carbons (Fsp3) is 0.895. The van der Waals surface area contributed by atoms with Gasteiger partial charge in [-0.05, 0) is 51.4 Å². The summed E-state index contributed by atoms with van der Waals surface area (Å²) in [6, 6.07) is 0. The Hall–Kier alpha value is -1.14. The predicted molar refractivity (Wildman–Crippen MR) is 97.8 cm³/mol. The summed E-state index contributed by atoms with van der Waals surface area (Å²) in [5, 5.41) is 16.5.